The Morgan fingerprint density at radius 3 is 1.98 bits per heavy atom. The Morgan fingerprint density at radius 1 is 0.860 bits per heavy atom. The lowest BCUT2D eigenvalue weighted by Crippen LogP contribution is -2.33. The van der Waals surface area contributed by atoms with Crippen molar-refractivity contribution in [1.82, 2.24) is 14.7 Å². The van der Waals surface area contributed by atoms with Crippen molar-refractivity contribution in [2.24, 2.45) is 11.8 Å². The molecule has 21 heteroatoms. The fourth-order valence-electron chi connectivity index (χ4n) is 4.76. The van der Waals surface area contributed by atoms with Gasteiger partial charge in [-0.1, -0.05) is 12.1 Å². The maximum Gasteiger partial charge on any atom is 0.490 e. The largest absolute Gasteiger partial charge is 0.490 e. The lowest BCUT2D eigenvalue weighted by Gasteiger charge is -2.29. The molecule has 0 atom stereocenters. The van der Waals surface area contributed by atoms with Crippen LogP contribution in [-0.2, 0) is 14.8 Å². The predicted molar refractivity (Wildman–Crippen MR) is 161 cm³/mol. The number of carboxylic acid groups (broad SMARTS) is 1. The molecule has 1 aliphatic rings. The quantitative estimate of drug-likeness (QED) is 0.154. The minimum atomic E-state index is -5.08. The third-order valence-corrected chi connectivity index (χ3v) is 8.60. The average Bonchev–Trinajstić information content (AvgIpc) is 3.04. The molecule has 1 fully saturated rings. The first-order valence-electron chi connectivity index (χ1n) is 14.7. The van der Waals surface area contributed by atoms with Crippen LogP contribution < -0.4 is 24.8 Å². The zero-order valence-electron chi connectivity index (χ0n) is 26.0. The first-order chi connectivity index (χ1) is 23.2. The highest BCUT2D eigenvalue weighted by Gasteiger charge is 2.38. The number of hydrogen-bond donors (Lipinski definition) is 4. The molecular formula is C29H32F9N5O6S. The molecule has 1 heterocycles. The van der Waals surface area contributed by atoms with Crippen LogP contribution in [0.2, 0.25) is 0 Å². The van der Waals surface area contributed by atoms with Crippen LogP contribution in [0.25, 0.3) is 10.9 Å². The molecule has 278 valence electrons. The third kappa shape index (κ3) is 12.9. The zero-order valence-corrected chi connectivity index (χ0v) is 26.9. The zero-order chi connectivity index (χ0) is 37.3. The number of benzene rings is 2. The van der Waals surface area contributed by atoms with Crippen molar-refractivity contribution >= 4 is 38.7 Å². The van der Waals surface area contributed by atoms with E-state index in [1.807, 2.05) is 24.3 Å². The van der Waals surface area contributed by atoms with E-state index in [2.05, 4.69) is 34.8 Å². The Bertz CT molecular complexity index is 1700. The van der Waals surface area contributed by atoms with Crippen LogP contribution in [0.4, 0.5) is 51.3 Å². The van der Waals surface area contributed by atoms with Crippen LogP contribution in [0.5, 0.6) is 11.5 Å². The van der Waals surface area contributed by atoms with Gasteiger partial charge in [0.05, 0.1) is 5.52 Å². The number of fused-ring (bicyclic) bond motifs is 1. The summed E-state index contributed by atoms with van der Waals surface area (Å²) in [6.45, 7) is -2.88. The third-order valence-electron chi connectivity index (χ3n) is 7.16. The van der Waals surface area contributed by atoms with E-state index in [0.717, 1.165) is 41.9 Å². The number of nitrogens with zero attached hydrogens (tertiary/aromatic N) is 2. The molecule has 0 saturated heterocycles. The van der Waals surface area contributed by atoms with Gasteiger partial charge >= 0.3 is 24.5 Å². The molecule has 0 spiro atoms. The van der Waals surface area contributed by atoms with Crippen LogP contribution in [0, 0.1) is 11.8 Å². The summed E-state index contributed by atoms with van der Waals surface area (Å²) < 4.78 is 145. The van der Waals surface area contributed by atoms with Crippen molar-refractivity contribution in [3.05, 3.63) is 42.5 Å². The fourth-order valence-corrected chi connectivity index (χ4v) is 6.03. The summed E-state index contributed by atoms with van der Waals surface area (Å²) in [6.07, 6.45) is -11.6. The van der Waals surface area contributed by atoms with Gasteiger partial charge in [-0.25, -0.2) is 22.9 Å². The van der Waals surface area contributed by atoms with Crippen molar-refractivity contribution in [2.45, 2.75) is 49.1 Å². The van der Waals surface area contributed by atoms with Crippen molar-refractivity contribution < 1.29 is 67.3 Å². The van der Waals surface area contributed by atoms with Gasteiger partial charge in [-0.3, -0.25) is 0 Å². The number of hydrogen-bond acceptors (Lipinski definition) is 9. The van der Waals surface area contributed by atoms with Crippen LogP contribution in [0.1, 0.15) is 25.7 Å². The normalized spacial score (nSPS) is 17.0. The number of anilines is 2. The second-order valence-corrected chi connectivity index (χ2v) is 12.7. The molecule has 4 rings (SSSR count). The maximum absolute atomic E-state index is 13.1. The number of para-hydroxylation sites is 1. The standard InChI is InChI=1S/C27H31F6N5O4S.C2HF3O2/c1-34-24-20-4-2-3-5-21(20)37-25(38-24)35-13-17-6-8-18(9-7-17)14-36-43(39,40)23-12-19(41-15-26(28,29)30)10-11-22(23)42-16-27(31,32)33;3-2(4,5)1(6)7/h2-5,10-12,17-18,36H,6-9,13-16H2,1H3,(H2,34,35,37,38);(H,6,7). The minimum absolute atomic E-state index is 0.00581. The van der Waals surface area contributed by atoms with Crippen molar-refractivity contribution in [2.75, 3.05) is 44.0 Å². The molecule has 1 aliphatic carbocycles. The SMILES string of the molecule is CNc1nc(NCC2CCC(CNS(=O)(=O)c3cc(OCC(F)(F)F)ccc3OCC(F)(F)F)CC2)nc2ccccc12.O=C(O)C(F)(F)F. The van der Waals surface area contributed by atoms with Gasteiger partial charge in [0.25, 0.3) is 0 Å². The molecule has 0 unspecified atom stereocenters. The second kappa shape index (κ2) is 16.6. The Hall–Kier alpha value is -4.27. The van der Waals surface area contributed by atoms with Crippen molar-refractivity contribution in [1.29, 1.82) is 0 Å². The summed E-state index contributed by atoms with van der Waals surface area (Å²) in [5.74, 6) is -2.48. The highest BCUT2D eigenvalue weighted by Crippen LogP contribution is 2.33. The van der Waals surface area contributed by atoms with Crippen LogP contribution in [0.15, 0.2) is 47.4 Å². The fraction of sp³-hybridized carbons (Fsp3) is 0.483. The predicted octanol–water partition coefficient (Wildman–Crippen LogP) is 6.38. The molecular weight excluding hydrogens is 717 g/mol. The number of nitrogens with one attached hydrogen (secondary N) is 3. The summed E-state index contributed by atoms with van der Waals surface area (Å²) in [7, 11) is -2.68. The van der Waals surface area contributed by atoms with Gasteiger partial charge in [-0.05, 0) is 61.8 Å². The van der Waals surface area contributed by atoms with E-state index in [0.29, 0.717) is 31.2 Å². The smallest absolute Gasteiger partial charge is 0.484 e. The highest BCUT2D eigenvalue weighted by molar-refractivity contribution is 7.89. The molecule has 11 nitrogen and oxygen atoms in total. The van der Waals surface area contributed by atoms with Crippen LogP contribution in [-0.4, -0.2) is 81.3 Å². The molecule has 4 N–H and O–H groups in total. The van der Waals surface area contributed by atoms with Gasteiger partial charge in [0.15, 0.2) is 13.2 Å². The summed E-state index contributed by atoms with van der Waals surface area (Å²) >= 11 is 0. The van der Waals surface area contributed by atoms with Gasteiger partial charge in [0.2, 0.25) is 16.0 Å². The molecule has 0 amide bonds. The van der Waals surface area contributed by atoms with Gasteiger partial charge < -0.3 is 25.2 Å². The lowest BCUT2D eigenvalue weighted by molar-refractivity contribution is -0.192. The number of alkyl halides is 9. The number of sulfonamides is 1. The van der Waals surface area contributed by atoms with E-state index in [1.54, 1.807) is 7.05 Å². The molecule has 3 aromatic rings. The van der Waals surface area contributed by atoms with Gasteiger partial charge in [-0.2, -0.15) is 44.5 Å². The summed E-state index contributed by atoms with van der Waals surface area (Å²) in [4.78, 5) is 17.2. The maximum atomic E-state index is 13.1. The molecule has 1 saturated carbocycles. The second-order valence-electron chi connectivity index (χ2n) is 11.0. The van der Waals surface area contributed by atoms with E-state index in [4.69, 9.17) is 9.90 Å². The monoisotopic (exact) mass is 749 g/mol. The number of aliphatic carboxylic acids is 1. The first-order valence-corrected chi connectivity index (χ1v) is 16.2. The Morgan fingerprint density at radius 2 is 1.42 bits per heavy atom. The van der Waals surface area contributed by atoms with E-state index < -0.39 is 64.1 Å². The number of halogens is 9. The minimum Gasteiger partial charge on any atom is -0.484 e. The molecule has 2 aromatic carbocycles. The highest BCUT2D eigenvalue weighted by atomic mass is 32.2. The van der Waals surface area contributed by atoms with Crippen molar-refractivity contribution in [3.8, 4) is 11.5 Å². The number of carboxylic acids is 1. The van der Waals surface area contributed by atoms with Crippen molar-refractivity contribution in [3.63, 3.8) is 0 Å². The summed E-state index contributed by atoms with van der Waals surface area (Å²) in [6, 6.07) is 10.1. The van der Waals surface area contributed by atoms with E-state index in [9.17, 15) is 47.9 Å². The van der Waals surface area contributed by atoms with Crippen LogP contribution in [0.3, 0.4) is 0 Å². The Labute approximate surface area is 279 Å². The lowest BCUT2D eigenvalue weighted by atomic mass is 9.82. The first kappa shape index (κ1) is 40.2. The van der Waals surface area contributed by atoms with E-state index >= 15 is 0 Å². The molecule has 0 bridgehead atoms. The number of ether oxygens (including phenoxy) is 2. The topological polar surface area (TPSA) is 152 Å². The van der Waals surface area contributed by atoms with E-state index in [1.165, 1.54) is 0 Å². The average molecular weight is 750 g/mol. The number of carbonyl (C=O) groups is 1. The van der Waals surface area contributed by atoms with Gasteiger partial charge in [-0.15, -0.1) is 0 Å². The van der Waals surface area contributed by atoms with Gasteiger partial charge in [0, 0.05) is 31.6 Å². The van der Waals surface area contributed by atoms with E-state index in [-0.39, 0.29) is 18.4 Å². The Balaban J connectivity index is 0.000000872. The molecule has 50 heavy (non-hydrogen) atoms. The molecule has 0 aliphatic heterocycles. The van der Waals surface area contributed by atoms with Gasteiger partial charge in [0.1, 0.15) is 22.2 Å². The summed E-state index contributed by atoms with van der Waals surface area (Å²) in [5, 5.41) is 14.4. The number of aromatic nitrogens is 2. The summed E-state index contributed by atoms with van der Waals surface area (Å²) in [5.41, 5.74) is 0.796. The Kier molecular flexibility index (Phi) is 13.4. The molecule has 0 radical (unpaired) electrons. The van der Waals surface area contributed by atoms with Crippen LogP contribution >= 0.6 is 0 Å². The molecule has 1 aromatic heterocycles. The number of rotatable bonds is 12.